The number of thiophene rings is 1. The summed E-state index contributed by atoms with van der Waals surface area (Å²) >= 11 is 7.39. The first kappa shape index (κ1) is 12.5. The third-order valence-corrected chi connectivity index (χ3v) is 3.83. The Bertz CT molecular complexity index is 497. The zero-order valence-electron chi connectivity index (χ0n) is 9.43. The summed E-state index contributed by atoms with van der Waals surface area (Å²) < 4.78 is 0.745. The van der Waals surface area contributed by atoms with Crippen LogP contribution in [0.15, 0.2) is 24.4 Å². The molecule has 2 aromatic heterocycles. The Morgan fingerprint density at radius 1 is 1.41 bits per heavy atom. The highest BCUT2D eigenvalue weighted by Crippen LogP contribution is 2.30. The summed E-state index contributed by atoms with van der Waals surface area (Å²) in [6.45, 7) is 2.09. The van der Waals surface area contributed by atoms with E-state index >= 15 is 0 Å². The van der Waals surface area contributed by atoms with Gasteiger partial charge in [-0.05, 0) is 24.6 Å². The van der Waals surface area contributed by atoms with Crippen molar-refractivity contribution in [3.63, 3.8) is 0 Å². The molecule has 0 saturated carbocycles. The van der Waals surface area contributed by atoms with Gasteiger partial charge in [0.25, 0.3) is 0 Å². The first-order chi connectivity index (χ1) is 8.24. The summed E-state index contributed by atoms with van der Waals surface area (Å²) in [6.07, 6.45) is 2.55. The maximum atomic E-state index is 9.25. The number of aliphatic hydroxyl groups is 1. The second kappa shape index (κ2) is 5.58. The first-order valence-electron chi connectivity index (χ1n) is 5.44. The van der Waals surface area contributed by atoms with Crippen LogP contribution in [-0.4, -0.2) is 21.7 Å². The molecular formula is C12H13ClN2OS. The summed E-state index contributed by atoms with van der Waals surface area (Å²) in [5, 5.41) is 9.25. The molecule has 0 saturated heterocycles. The van der Waals surface area contributed by atoms with Crippen molar-refractivity contribution in [2.45, 2.75) is 19.3 Å². The van der Waals surface area contributed by atoms with Gasteiger partial charge in [0.05, 0.1) is 21.5 Å². The van der Waals surface area contributed by atoms with Crippen LogP contribution in [0, 0.1) is 0 Å². The van der Waals surface area contributed by atoms with Crippen LogP contribution in [0.5, 0.6) is 0 Å². The van der Waals surface area contributed by atoms with Gasteiger partial charge in [-0.25, -0.2) is 9.97 Å². The minimum Gasteiger partial charge on any atom is -0.396 e. The molecule has 0 aromatic carbocycles. The molecule has 0 aliphatic carbocycles. The lowest BCUT2D eigenvalue weighted by molar-refractivity contribution is 0.257. The molecule has 0 bridgehead atoms. The molecule has 2 aromatic rings. The molecule has 90 valence electrons. The Kier molecular flexibility index (Phi) is 4.10. The lowest BCUT2D eigenvalue weighted by atomic mass is 10.1. The molecule has 1 atom stereocenters. The third kappa shape index (κ3) is 2.83. The summed E-state index contributed by atoms with van der Waals surface area (Å²) in [7, 11) is 0. The van der Waals surface area contributed by atoms with Gasteiger partial charge in [-0.15, -0.1) is 11.3 Å². The van der Waals surface area contributed by atoms with Crippen molar-refractivity contribution >= 4 is 22.9 Å². The normalized spacial score (nSPS) is 12.6. The van der Waals surface area contributed by atoms with Gasteiger partial charge in [-0.3, -0.25) is 0 Å². The molecule has 3 nitrogen and oxygen atoms in total. The zero-order chi connectivity index (χ0) is 12.3. The number of rotatable bonds is 4. The fourth-order valence-corrected chi connectivity index (χ4v) is 2.57. The SMILES string of the molecule is CCC(CO)c1nccc(-c2ccc(Cl)s2)n1. The molecule has 2 rings (SSSR count). The molecule has 1 unspecified atom stereocenters. The van der Waals surface area contributed by atoms with E-state index in [1.807, 2.05) is 25.1 Å². The average Bonchev–Trinajstić information content (AvgIpc) is 2.78. The van der Waals surface area contributed by atoms with Crippen LogP contribution in [0.25, 0.3) is 10.6 Å². The second-order valence-electron chi connectivity index (χ2n) is 3.69. The molecular weight excluding hydrogens is 256 g/mol. The Balaban J connectivity index is 2.34. The largest absolute Gasteiger partial charge is 0.396 e. The van der Waals surface area contributed by atoms with E-state index in [4.69, 9.17) is 11.6 Å². The Morgan fingerprint density at radius 2 is 2.24 bits per heavy atom. The number of hydrogen-bond donors (Lipinski definition) is 1. The van der Waals surface area contributed by atoms with E-state index in [0.717, 1.165) is 21.3 Å². The average molecular weight is 269 g/mol. The van der Waals surface area contributed by atoms with Crippen molar-refractivity contribution in [1.82, 2.24) is 9.97 Å². The molecule has 0 fully saturated rings. The molecule has 0 amide bonds. The lowest BCUT2D eigenvalue weighted by Gasteiger charge is -2.10. The van der Waals surface area contributed by atoms with Crippen LogP contribution in [0.2, 0.25) is 4.34 Å². The van der Waals surface area contributed by atoms with Gasteiger partial charge in [0.1, 0.15) is 5.82 Å². The maximum Gasteiger partial charge on any atom is 0.134 e. The van der Waals surface area contributed by atoms with Crippen molar-refractivity contribution in [2.75, 3.05) is 6.61 Å². The quantitative estimate of drug-likeness (QED) is 0.925. The highest BCUT2D eigenvalue weighted by atomic mass is 35.5. The fourth-order valence-electron chi connectivity index (χ4n) is 1.55. The monoisotopic (exact) mass is 268 g/mol. The van der Waals surface area contributed by atoms with Crippen molar-refractivity contribution in [1.29, 1.82) is 0 Å². The van der Waals surface area contributed by atoms with E-state index < -0.39 is 0 Å². The first-order valence-corrected chi connectivity index (χ1v) is 6.63. The number of halogens is 1. The Labute approximate surface area is 109 Å². The predicted octanol–water partition coefficient (Wildman–Crippen LogP) is 3.34. The van der Waals surface area contributed by atoms with E-state index in [1.54, 1.807) is 6.20 Å². The summed E-state index contributed by atoms with van der Waals surface area (Å²) in [5.74, 6) is 0.697. The highest BCUT2D eigenvalue weighted by molar-refractivity contribution is 7.19. The minimum absolute atomic E-state index is 0.00499. The minimum atomic E-state index is 0.00499. The van der Waals surface area contributed by atoms with E-state index in [0.29, 0.717) is 5.82 Å². The lowest BCUT2D eigenvalue weighted by Crippen LogP contribution is -2.07. The molecule has 1 N–H and O–H groups in total. The van der Waals surface area contributed by atoms with Crippen molar-refractivity contribution in [2.24, 2.45) is 0 Å². The van der Waals surface area contributed by atoms with Crippen LogP contribution in [0.3, 0.4) is 0 Å². The van der Waals surface area contributed by atoms with Gasteiger partial charge in [0, 0.05) is 12.1 Å². The Morgan fingerprint density at radius 3 is 2.82 bits per heavy atom. The van der Waals surface area contributed by atoms with Crippen LogP contribution in [0.1, 0.15) is 25.1 Å². The molecule has 2 heterocycles. The maximum absolute atomic E-state index is 9.25. The highest BCUT2D eigenvalue weighted by Gasteiger charge is 2.12. The van der Waals surface area contributed by atoms with Gasteiger partial charge in [-0.2, -0.15) is 0 Å². The van der Waals surface area contributed by atoms with Crippen molar-refractivity contribution in [3.05, 3.63) is 34.6 Å². The van der Waals surface area contributed by atoms with E-state index in [-0.39, 0.29) is 12.5 Å². The van der Waals surface area contributed by atoms with Gasteiger partial charge in [-0.1, -0.05) is 18.5 Å². The van der Waals surface area contributed by atoms with Gasteiger partial charge in [0.15, 0.2) is 0 Å². The fraction of sp³-hybridized carbons (Fsp3) is 0.333. The zero-order valence-corrected chi connectivity index (χ0v) is 11.0. The Hall–Kier alpha value is -0.970. The van der Waals surface area contributed by atoms with Gasteiger partial charge in [0.2, 0.25) is 0 Å². The molecule has 0 aliphatic heterocycles. The van der Waals surface area contributed by atoms with E-state index in [2.05, 4.69) is 9.97 Å². The molecule has 17 heavy (non-hydrogen) atoms. The van der Waals surface area contributed by atoms with Crippen molar-refractivity contribution < 1.29 is 5.11 Å². The molecule has 0 spiro atoms. The van der Waals surface area contributed by atoms with Crippen molar-refractivity contribution in [3.8, 4) is 10.6 Å². The summed E-state index contributed by atoms with van der Waals surface area (Å²) in [4.78, 5) is 9.71. The predicted molar refractivity (Wildman–Crippen MR) is 70.5 cm³/mol. The topological polar surface area (TPSA) is 46.0 Å². The number of aliphatic hydroxyl groups excluding tert-OH is 1. The summed E-state index contributed by atoms with van der Waals surface area (Å²) in [5.41, 5.74) is 0.860. The molecule has 0 aliphatic rings. The van der Waals surface area contributed by atoms with E-state index in [9.17, 15) is 5.11 Å². The molecule has 0 radical (unpaired) electrons. The summed E-state index contributed by atoms with van der Waals surface area (Å²) in [6, 6.07) is 5.65. The number of hydrogen-bond acceptors (Lipinski definition) is 4. The standard InChI is InChI=1S/C12H13ClN2OS/c1-2-8(7-16)12-14-6-5-9(15-12)10-3-4-11(13)17-10/h3-6,8,16H,2,7H2,1H3. The van der Waals surface area contributed by atoms with Crippen LogP contribution >= 0.6 is 22.9 Å². The van der Waals surface area contributed by atoms with Crippen LogP contribution in [0.4, 0.5) is 0 Å². The smallest absolute Gasteiger partial charge is 0.134 e. The van der Waals surface area contributed by atoms with E-state index in [1.165, 1.54) is 11.3 Å². The second-order valence-corrected chi connectivity index (χ2v) is 5.41. The van der Waals surface area contributed by atoms with Crippen LogP contribution < -0.4 is 0 Å². The number of aromatic nitrogens is 2. The van der Waals surface area contributed by atoms with Crippen LogP contribution in [-0.2, 0) is 0 Å². The van der Waals surface area contributed by atoms with Gasteiger partial charge >= 0.3 is 0 Å². The third-order valence-electron chi connectivity index (χ3n) is 2.58. The number of nitrogens with zero attached hydrogens (tertiary/aromatic N) is 2. The molecule has 5 heteroatoms. The van der Waals surface area contributed by atoms with Gasteiger partial charge < -0.3 is 5.11 Å².